The van der Waals surface area contributed by atoms with Crippen molar-refractivity contribution in [1.29, 1.82) is 5.26 Å². The van der Waals surface area contributed by atoms with Crippen molar-refractivity contribution in [2.75, 3.05) is 35.5 Å². The summed E-state index contributed by atoms with van der Waals surface area (Å²) in [6.45, 7) is 0. The van der Waals surface area contributed by atoms with E-state index in [1.54, 1.807) is 6.07 Å². The molecule has 0 spiro atoms. The van der Waals surface area contributed by atoms with Gasteiger partial charge in [-0.25, -0.2) is 4.79 Å². The van der Waals surface area contributed by atoms with E-state index in [0.717, 1.165) is 13.2 Å². The molecule has 8 N–H and O–H groups in total. The predicted octanol–water partition coefficient (Wildman–Crippen LogP) is 4.81. The lowest BCUT2D eigenvalue weighted by Gasteiger charge is -2.17. The highest BCUT2D eigenvalue weighted by Gasteiger charge is 2.25. The summed E-state index contributed by atoms with van der Waals surface area (Å²) < 4.78 is 15.4. The van der Waals surface area contributed by atoms with Crippen LogP contribution in [0.25, 0.3) is 0 Å². The van der Waals surface area contributed by atoms with E-state index in [9.17, 15) is 49.3 Å². The summed E-state index contributed by atoms with van der Waals surface area (Å²) in [4.78, 5) is 75.7. The monoisotopic (exact) mass is 776 g/mol. The van der Waals surface area contributed by atoms with Crippen LogP contribution >= 0.6 is 0 Å². The number of phenols is 2. The van der Waals surface area contributed by atoms with E-state index >= 15 is 0 Å². The normalized spacial score (nSPS) is 10.9. The molecule has 290 valence electrons. The first-order valence-corrected chi connectivity index (χ1v) is 16.5. The van der Waals surface area contributed by atoms with E-state index in [4.69, 9.17) is 13.9 Å². The highest BCUT2D eigenvalue weighted by atomic mass is 16.5. The van der Waals surface area contributed by atoms with E-state index in [0.29, 0.717) is 5.69 Å². The first kappa shape index (κ1) is 39.9. The first-order valence-electron chi connectivity index (χ1n) is 16.5. The van der Waals surface area contributed by atoms with Crippen LogP contribution in [-0.2, 0) is 4.79 Å². The summed E-state index contributed by atoms with van der Waals surface area (Å²) in [6, 6.07) is 19.8. The van der Waals surface area contributed by atoms with Gasteiger partial charge in [0, 0.05) is 22.5 Å². The number of benzene rings is 4. The summed E-state index contributed by atoms with van der Waals surface area (Å²) in [5.41, 5.74) is 0.0206. The molecule has 1 aromatic heterocycles. The summed E-state index contributed by atoms with van der Waals surface area (Å²) in [7, 11) is 2.35. The number of furan rings is 1. The topological polar surface area (TPSA) is 279 Å². The molecular formula is C39H32N6O12. The highest BCUT2D eigenvalue weighted by molar-refractivity contribution is 6.10. The number of carboxylic acids is 1. The van der Waals surface area contributed by atoms with Gasteiger partial charge in [-0.1, -0.05) is 0 Å². The number of phenolic OH excluding ortho intramolecular Hbond substituents is 1. The van der Waals surface area contributed by atoms with Crippen molar-refractivity contribution in [2.24, 2.45) is 0 Å². The number of anilines is 4. The lowest BCUT2D eigenvalue weighted by molar-refractivity contribution is -0.117. The molecule has 18 heteroatoms. The summed E-state index contributed by atoms with van der Waals surface area (Å²) in [5.74, 6) is -6.68. The number of carboxylic acid groups (broad SMARTS) is 1. The van der Waals surface area contributed by atoms with Crippen LogP contribution in [0, 0.1) is 11.3 Å². The van der Waals surface area contributed by atoms with Crippen LogP contribution in [0.4, 0.5) is 22.7 Å². The van der Waals surface area contributed by atoms with Gasteiger partial charge in [-0.2, -0.15) is 5.26 Å². The van der Waals surface area contributed by atoms with Crippen molar-refractivity contribution in [2.45, 2.75) is 12.5 Å². The number of nitrogens with one attached hydrogen (secondary N) is 5. The van der Waals surface area contributed by atoms with Crippen molar-refractivity contribution in [1.82, 2.24) is 5.32 Å². The molecule has 0 aliphatic heterocycles. The van der Waals surface area contributed by atoms with Gasteiger partial charge in [0.15, 0.2) is 28.8 Å². The van der Waals surface area contributed by atoms with Crippen LogP contribution in [0.1, 0.15) is 58.4 Å². The molecule has 0 aliphatic carbocycles. The molecule has 1 unspecified atom stereocenters. The Morgan fingerprint density at radius 3 is 1.72 bits per heavy atom. The molecule has 0 fully saturated rings. The molecule has 4 aromatic carbocycles. The van der Waals surface area contributed by atoms with Gasteiger partial charge in [0.05, 0.1) is 49.9 Å². The fourth-order valence-corrected chi connectivity index (χ4v) is 5.27. The van der Waals surface area contributed by atoms with Crippen LogP contribution in [0.3, 0.4) is 0 Å². The van der Waals surface area contributed by atoms with Gasteiger partial charge in [-0.05, 0) is 84.9 Å². The molecule has 0 aliphatic rings. The Labute approximate surface area is 322 Å². The maximum absolute atomic E-state index is 13.1. The number of carbonyl (C=O) groups is 6. The van der Waals surface area contributed by atoms with E-state index < -0.39 is 58.6 Å². The summed E-state index contributed by atoms with van der Waals surface area (Å²) >= 11 is 0. The number of aromatic hydroxyl groups is 2. The van der Waals surface area contributed by atoms with Gasteiger partial charge in [-0.15, -0.1) is 0 Å². The summed E-state index contributed by atoms with van der Waals surface area (Å²) in [5, 5.41) is 52.4. The van der Waals surface area contributed by atoms with Gasteiger partial charge in [0.1, 0.15) is 11.6 Å². The largest absolute Gasteiger partial charge is 0.504 e. The Balaban J connectivity index is 1.20. The number of nitrogens with zero attached hydrogens (tertiary/aromatic N) is 1. The van der Waals surface area contributed by atoms with Gasteiger partial charge >= 0.3 is 5.97 Å². The number of hydrogen-bond acceptors (Lipinski definition) is 12. The van der Waals surface area contributed by atoms with Crippen molar-refractivity contribution in [3.63, 3.8) is 0 Å². The second-order valence-corrected chi connectivity index (χ2v) is 11.8. The lowest BCUT2D eigenvalue weighted by Crippen LogP contribution is -2.43. The first-order chi connectivity index (χ1) is 27.3. The lowest BCUT2D eigenvalue weighted by atomic mass is 10.1. The zero-order valence-corrected chi connectivity index (χ0v) is 29.9. The molecule has 57 heavy (non-hydrogen) atoms. The Hall–Kier alpha value is -8.33. The molecular weight excluding hydrogens is 744 g/mol. The zero-order valence-electron chi connectivity index (χ0n) is 29.9. The number of methoxy groups -OCH3 is 2. The van der Waals surface area contributed by atoms with Gasteiger partial charge < -0.3 is 55.8 Å². The Bertz CT molecular complexity index is 2390. The van der Waals surface area contributed by atoms with Crippen molar-refractivity contribution < 1.29 is 58.0 Å². The Morgan fingerprint density at radius 2 is 1.19 bits per heavy atom. The minimum Gasteiger partial charge on any atom is -0.504 e. The molecule has 0 bridgehead atoms. The maximum Gasteiger partial charge on any atom is 0.339 e. The van der Waals surface area contributed by atoms with Gasteiger partial charge in [0.2, 0.25) is 5.91 Å². The fourth-order valence-electron chi connectivity index (χ4n) is 5.27. The highest BCUT2D eigenvalue weighted by Crippen LogP contribution is 2.40. The van der Waals surface area contributed by atoms with Crippen molar-refractivity contribution in [3.8, 4) is 29.1 Å². The average molecular weight is 777 g/mol. The van der Waals surface area contributed by atoms with E-state index in [1.165, 1.54) is 86.2 Å². The van der Waals surface area contributed by atoms with Crippen molar-refractivity contribution >= 4 is 58.3 Å². The van der Waals surface area contributed by atoms with Crippen molar-refractivity contribution in [3.05, 3.63) is 119 Å². The van der Waals surface area contributed by atoms with E-state index in [2.05, 4.69) is 26.6 Å². The molecule has 18 nitrogen and oxygen atoms in total. The van der Waals surface area contributed by atoms with Crippen LogP contribution < -0.4 is 36.1 Å². The minimum atomic E-state index is -1.42. The number of carbonyl (C=O) groups excluding carboxylic acids is 5. The smallest absolute Gasteiger partial charge is 0.339 e. The Kier molecular flexibility index (Phi) is 12.4. The molecule has 0 radical (unpaired) electrons. The van der Waals surface area contributed by atoms with Gasteiger partial charge in [-0.3, -0.25) is 24.0 Å². The fraction of sp³-hybridized carbons (Fsp3) is 0.103. The SMILES string of the molecule is COc1c(NC(=O)c2ccc(NC(=O)c3ccc(NC(=O)C(CC#N)NC(=O)c4ccc(NC(=O)c5ccco5)cc4)cc3)c(OC)c2O)ccc(C(=O)O)c1O. The second kappa shape index (κ2) is 17.7. The third-order valence-electron chi connectivity index (χ3n) is 8.12. The number of ether oxygens (including phenoxy) is 2. The summed E-state index contributed by atoms with van der Waals surface area (Å²) in [6.07, 6.45) is 0.998. The molecule has 0 saturated heterocycles. The van der Waals surface area contributed by atoms with E-state index in [-0.39, 0.29) is 57.4 Å². The number of hydrogen-bond donors (Lipinski definition) is 8. The maximum atomic E-state index is 13.1. The Morgan fingerprint density at radius 1 is 0.667 bits per heavy atom. The quantitative estimate of drug-likeness (QED) is 0.0752. The minimum absolute atomic E-state index is 0.0154. The third-order valence-corrected chi connectivity index (χ3v) is 8.12. The van der Waals surface area contributed by atoms with E-state index in [1.807, 2.05) is 6.07 Å². The number of amides is 5. The molecule has 1 atom stereocenters. The molecule has 5 amide bonds. The number of rotatable bonds is 14. The van der Waals surface area contributed by atoms with Crippen LogP contribution in [0.15, 0.2) is 95.6 Å². The zero-order chi connectivity index (χ0) is 41.2. The molecule has 5 rings (SSSR count). The second-order valence-electron chi connectivity index (χ2n) is 11.8. The average Bonchev–Trinajstić information content (AvgIpc) is 3.74. The number of nitriles is 1. The van der Waals surface area contributed by atoms with Crippen LogP contribution in [-0.4, -0.2) is 71.1 Å². The van der Waals surface area contributed by atoms with Crippen LogP contribution in [0.5, 0.6) is 23.0 Å². The standard InChI is InChI=1S/C39H32N6O12/c1-55-32-26(15-13-24(30(32)46)36(50)44-27-16-14-25(39(53)54)31(47)33(27)56-2)43-34(48)20-5-9-22(10-6-20)41-37(51)28(17-18-40)45-35(49)21-7-11-23(12-8-21)42-38(52)29-4-3-19-57-29/h3-16,19,28,46-47H,17H2,1-2H3,(H,41,51)(H,42,52)(H,43,48)(H,44,50)(H,45,49)(H,53,54). The van der Waals surface area contributed by atoms with Gasteiger partial charge in [0.25, 0.3) is 23.6 Å². The van der Waals surface area contributed by atoms with Crippen LogP contribution in [0.2, 0.25) is 0 Å². The predicted molar refractivity (Wildman–Crippen MR) is 202 cm³/mol. The molecule has 5 aromatic rings. The number of aromatic carboxylic acids is 1. The molecule has 0 saturated carbocycles. The molecule has 1 heterocycles. The third kappa shape index (κ3) is 9.25.